The van der Waals surface area contributed by atoms with E-state index in [2.05, 4.69) is 10.6 Å². The summed E-state index contributed by atoms with van der Waals surface area (Å²) in [6, 6.07) is 0. The van der Waals surface area contributed by atoms with Crippen LogP contribution in [-0.2, 0) is 29.0 Å². The minimum absolute atomic E-state index is 0.00463. The lowest BCUT2D eigenvalue weighted by Crippen LogP contribution is -2.25. The highest BCUT2D eigenvalue weighted by atomic mass is 32.2. The number of rotatable bonds is 2. The van der Waals surface area contributed by atoms with E-state index in [4.69, 9.17) is 0 Å². The average molecular weight is 340 g/mol. The lowest BCUT2D eigenvalue weighted by atomic mass is 10.4. The van der Waals surface area contributed by atoms with E-state index in [0.29, 0.717) is 0 Å². The fourth-order valence-electron chi connectivity index (χ4n) is 0.249. The van der Waals surface area contributed by atoms with E-state index in [-0.39, 0.29) is 29.9 Å². The van der Waals surface area contributed by atoms with Gasteiger partial charge in [0.15, 0.2) is 0 Å². The summed E-state index contributed by atoms with van der Waals surface area (Å²) in [4.78, 5) is 39.4. The minimum Gasteiger partial charge on any atom is -0.359 e. The topological polar surface area (TPSA) is 126 Å². The van der Waals surface area contributed by atoms with Crippen LogP contribution >= 0.6 is 0 Å². The van der Waals surface area contributed by atoms with Gasteiger partial charge in [-0.25, -0.2) is 8.42 Å². The van der Waals surface area contributed by atoms with Gasteiger partial charge in [-0.05, 0) is 20.8 Å². The summed E-state index contributed by atoms with van der Waals surface area (Å²) < 4.78 is 19.3. The average Bonchev–Trinajstić information content (AvgIpc) is 2.24. The third kappa shape index (κ3) is 198. The number of hydrogen-bond donors (Lipinski definition) is 2. The fraction of sp³-hybridized carbons (Fsp3) is 0.692. The molecule has 0 heterocycles. The predicted octanol–water partition coefficient (Wildman–Crippen LogP) is -0.280. The summed E-state index contributed by atoms with van der Waals surface area (Å²) in [7, 11) is -1.07. The van der Waals surface area contributed by atoms with E-state index in [1.54, 1.807) is 7.05 Å². The van der Waals surface area contributed by atoms with E-state index < -0.39 is 9.84 Å². The summed E-state index contributed by atoms with van der Waals surface area (Å²) in [6.45, 7) is 7.48. The molecule has 0 saturated carbocycles. The van der Waals surface area contributed by atoms with Crippen molar-refractivity contribution in [2.45, 2.75) is 34.6 Å². The molecule has 0 saturated heterocycles. The Bertz CT molecular complexity index is 417. The molecule has 0 unspecified atom stereocenters. The summed E-state index contributed by atoms with van der Waals surface area (Å²) in [5.41, 5.74) is 0. The quantitative estimate of drug-likeness (QED) is 0.712. The lowest BCUT2D eigenvalue weighted by Gasteiger charge is -1.93. The number of carbonyl (C=O) groups is 4. The molecule has 0 aromatic carbocycles. The van der Waals surface area contributed by atoms with Gasteiger partial charge >= 0.3 is 0 Å². The number of Topliss-reactive ketones (excluding diaryl/α,β-unsaturated/α-hetero) is 2. The maximum absolute atomic E-state index is 10.1. The zero-order valence-corrected chi connectivity index (χ0v) is 15.4. The predicted molar refractivity (Wildman–Crippen MR) is 86.2 cm³/mol. The van der Waals surface area contributed by atoms with Crippen LogP contribution in [0.3, 0.4) is 0 Å². The van der Waals surface area contributed by atoms with Crippen molar-refractivity contribution in [2.75, 3.05) is 26.1 Å². The van der Waals surface area contributed by atoms with Gasteiger partial charge in [0.25, 0.3) is 0 Å². The summed E-state index contributed by atoms with van der Waals surface area (Å²) in [5.74, 6) is -0.0228. The summed E-state index contributed by atoms with van der Waals surface area (Å²) in [5, 5.41) is 4.75. The van der Waals surface area contributed by atoms with Gasteiger partial charge in [-0.1, -0.05) is 0 Å². The molecule has 0 aliphatic heterocycles. The molecule has 0 fully saturated rings. The molecule has 2 N–H and O–H groups in total. The molecule has 22 heavy (non-hydrogen) atoms. The molecule has 2 amide bonds. The molecule has 0 aliphatic rings. The minimum atomic E-state index is -2.67. The van der Waals surface area contributed by atoms with Crippen LogP contribution in [0, 0.1) is 0 Å². The van der Waals surface area contributed by atoms with Crippen molar-refractivity contribution >= 4 is 33.2 Å². The van der Waals surface area contributed by atoms with Crippen molar-refractivity contribution in [3.63, 3.8) is 0 Å². The van der Waals surface area contributed by atoms with Crippen LogP contribution in [-0.4, -0.2) is 57.9 Å². The van der Waals surface area contributed by atoms with Crippen LogP contribution in [0.25, 0.3) is 0 Å². The van der Waals surface area contributed by atoms with Crippen molar-refractivity contribution in [3.8, 4) is 0 Å². The number of ketones is 2. The van der Waals surface area contributed by atoms with Gasteiger partial charge in [-0.15, -0.1) is 0 Å². The van der Waals surface area contributed by atoms with Crippen LogP contribution in [0.5, 0.6) is 0 Å². The van der Waals surface area contributed by atoms with Gasteiger partial charge in [0.05, 0.1) is 6.54 Å². The monoisotopic (exact) mass is 340 g/mol. The van der Waals surface area contributed by atoms with Crippen LogP contribution < -0.4 is 10.6 Å². The zero-order chi connectivity index (χ0) is 18.9. The molecule has 0 aliphatic carbocycles. The van der Waals surface area contributed by atoms with Crippen molar-refractivity contribution in [1.82, 2.24) is 10.6 Å². The Morgan fingerprint density at radius 2 is 1.05 bits per heavy atom. The third-order valence-corrected chi connectivity index (χ3v) is 0.938. The molecule has 0 rings (SSSR count). The maximum Gasteiger partial charge on any atom is 0.217 e. The first-order chi connectivity index (χ1) is 9.63. The van der Waals surface area contributed by atoms with E-state index in [1.165, 1.54) is 34.6 Å². The maximum atomic E-state index is 10.1. The Morgan fingerprint density at radius 3 is 1.09 bits per heavy atom. The van der Waals surface area contributed by atoms with Gasteiger partial charge < -0.3 is 15.4 Å². The van der Waals surface area contributed by atoms with Gasteiger partial charge in [0, 0.05) is 33.4 Å². The lowest BCUT2D eigenvalue weighted by molar-refractivity contribution is -0.123. The highest BCUT2D eigenvalue weighted by molar-refractivity contribution is 7.89. The molecule has 9 heteroatoms. The van der Waals surface area contributed by atoms with Crippen molar-refractivity contribution in [3.05, 3.63) is 0 Å². The number of nitrogens with one attached hydrogen (secondary N) is 2. The van der Waals surface area contributed by atoms with Crippen LogP contribution in [0.4, 0.5) is 0 Å². The van der Waals surface area contributed by atoms with E-state index in [9.17, 15) is 27.6 Å². The Hall–Kier alpha value is -1.77. The number of sulfone groups is 1. The first-order valence-corrected chi connectivity index (χ1v) is 8.47. The van der Waals surface area contributed by atoms with Crippen molar-refractivity contribution < 1.29 is 27.6 Å². The molecule has 0 spiro atoms. The Kier molecular flexibility index (Phi) is 22.3. The molecule has 0 radical (unpaired) electrons. The highest BCUT2D eigenvalue weighted by Gasteiger charge is 1.91. The molecule has 132 valence electrons. The smallest absolute Gasteiger partial charge is 0.217 e. The standard InChI is InChI=1S/C5H9NO2.C3H7NO.C3H6O.C2H6O2S/c1-4(7)3-6-5(2)8;1-3(5)4-2;1-3(2)4;1-5(2,3)4/h3H2,1-2H3,(H,6,8);1-2H3,(H,4,5);1-2H3;1-2H3. The molecular formula is C13H28N2O6S. The third-order valence-electron chi connectivity index (χ3n) is 0.938. The fourth-order valence-corrected chi connectivity index (χ4v) is 0.249. The molecule has 8 nitrogen and oxygen atoms in total. The molecule has 0 aromatic heterocycles. The first-order valence-electron chi connectivity index (χ1n) is 6.17. The van der Waals surface area contributed by atoms with Crippen LogP contribution in [0.1, 0.15) is 34.6 Å². The van der Waals surface area contributed by atoms with Gasteiger partial charge in [-0.3, -0.25) is 14.4 Å². The van der Waals surface area contributed by atoms with Gasteiger partial charge in [0.2, 0.25) is 11.8 Å². The Labute approximate surface area is 133 Å². The van der Waals surface area contributed by atoms with E-state index in [0.717, 1.165) is 12.5 Å². The largest absolute Gasteiger partial charge is 0.359 e. The van der Waals surface area contributed by atoms with E-state index in [1.807, 2.05) is 0 Å². The number of amides is 2. The van der Waals surface area contributed by atoms with Gasteiger partial charge in [0.1, 0.15) is 21.4 Å². The highest BCUT2D eigenvalue weighted by Crippen LogP contribution is 1.63. The second-order valence-corrected chi connectivity index (χ2v) is 6.76. The molecule has 0 aromatic rings. The normalized spacial score (nSPS) is 8.36. The summed E-state index contributed by atoms with van der Waals surface area (Å²) in [6.07, 6.45) is 2.32. The van der Waals surface area contributed by atoms with E-state index >= 15 is 0 Å². The number of carbonyl (C=O) groups excluding carboxylic acids is 4. The Balaban J connectivity index is -0.000000102. The first kappa shape index (κ1) is 28.4. The SMILES string of the molecule is CC(=O)CNC(C)=O.CC(C)=O.CNC(C)=O.CS(C)(=O)=O. The van der Waals surface area contributed by atoms with Crippen LogP contribution in [0.15, 0.2) is 0 Å². The molecule has 0 atom stereocenters. The second-order valence-electron chi connectivity index (χ2n) is 4.47. The zero-order valence-electron chi connectivity index (χ0n) is 14.6. The van der Waals surface area contributed by atoms with Crippen molar-refractivity contribution in [1.29, 1.82) is 0 Å². The second kappa shape index (κ2) is 17.3. The summed E-state index contributed by atoms with van der Waals surface area (Å²) >= 11 is 0. The Morgan fingerprint density at radius 1 is 0.818 bits per heavy atom. The van der Waals surface area contributed by atoms with Gasteiger partial charge in [-0.2, -0.15) is 0 Å². The van der Waals surface area contributed by atoms with Crippen molar-refractivity contribution in [2.24, 2.45) is 0 Å². The number of hydrogen-bond acceptors (Lipinski definition) is 6. The molecular weight excluding hydrogens is 312 g/mol. The molecule has 0 bridgehead atoms. The van der Waals surface area contributed by atoms with Crippen LogP contribution in [0.2, 0.25) is 0 Å².